The molecule has 2 aromatic carbocycles. The first-order valence-electron chi connectivity index (χ1n) is 6.91. The van der Waals surface area contributed by atoms with Gasteiger partial charge < -0.3 is 10.4 Å². The lowest BCUT2D eigenvalue weighted by molar-refractivity contribution is -0.991. The summed E-state index contributed by atoms with van der Waals surface area (Å²) in [5, 5.41) is 38.2. The zero-order valence-corrected chi connectivity index (χ0v) is 12.2. The molecule has 2 unspecified atom stereocenters. The number of benzene rings is 2. The molecule has 0 saturated carbocycles. The van der Waals surface area contributed by atoms with Gasteiger partial charge in [-0.2, -0.15) is 10.5 Å². The van der Waals surface area contributed by atoms with Crippen molar-refractivity contribution in [1.29, 1.82) is 0 Å². The number of nitrogens with one attached hydrogen (secondary N) is 2. The molecule has 0 saturated heterocycles. The van der Waals surface area contributed by atoms with Gasteiger partial charge in [0.05, 0.1) is 0 Å². The number of hydrogen-bond donors (Lipinski definition) is 4. The summed E-state index contributed by atoms with van der Waals surface area (Å²) in [6.45, 7) is 0. The molecule has 0 aliphatic heterocycles. The van der Waals surface area contributed by atoms with Crippen LogP contribution in [0.4, 0.5) is 11.4 Å². The third kappa shape index (κ3) is 3.41. The zero-order chi connectivity index (χ0) is 17.1. The third-order valence-electron chi connectivity index (χ3n) is 3.31. The molecule has 1 heterocycles. The summed E-state index contributed by atoms with van der Waals surface area (Å²) >= 11 is 0. The molecule has 24 heavy (non-hydrogen) atoms. The van der Waals surface area contributed by atoms with Crippen molar-refractivity contribution in [1.82, 2.24) is 15.0 Å². The van der Waals surface area contributed by atoms with E-state index < -0.39 is 10.5 Å². The molecule has 4 N–H and O–H groups in total. The second-order valence-electron chi connectivity index (χ2n) is 4.90. The smallest absolute Gasteiger partial charge is 0.164 e. The van der Waals surface area contributed by atoms with Crippen LogP contribution in [0.25, 0.3) is 22.8 Å². The van der Waals surface area contributed by atoms with Crippen LogP contribution in [-0.4, -0.2) is 25.4 Å². The number of nitrogens with zero attached hydrogens (tertiary/aromatic N) is 3. The predicted octanol–water partition coefficient (Wildman–Crippen LogP) is 0.0124. The molecule has 122 valence electrons. The van der Waals surface area contributed by atoms with E-state index in [0.29, 0.717) is 22.8 Å². The third-order valence-corrected chi connectivity index (χ3v) is 3.31. The summed E-state index contributed by atoms with van der Waals surface area (Å²) in [7, 11) is 0. The first-order valence-corrected chi connectivity index (χ1v) is 6.91. The highest BCUT2D eigenvalue weighted by Crippen LogP contribution is 2.21. The van der Waals surface area contributed by atoms with Gasteiger partial charge in [0, 0.05) is 35.4 Å². The van der Waals surface area contributed by atoms with Crippen molar-refractivity contribution in [2.75, 3.05) is 0 Å². The average Bonchev–Trinajstić information content (AvgIpc) is 2.62. The highest BCUT2D eigenvalue weighted by atomic mass is 16.8. The van der Waals surface area contributed by atoms with Crippen molar-refractivity contribution in [3.8, 4) is 22.8 Å². The molecule has 0 amide bonds. The van der Waals surface area contributed by atoms with Crippen LogP contribution in [-0.2, 0) is 0 Å². The minimum Gasteiger partial charge on any atom is -0.595 e. The van der Waals surface area contributed by atoms with Gasteiger partial charge >= 0.3 is 0 Å². The Kier molecular flexibility index (Phi) is 4.53. The molecule has 0 fully saturated rings. The fourth-order valence-corrected chi connectivity index (χ4v) is 2.16. The monoisotopic (exact) mass is 327 g/mol. The molecular weight excluding hydrogens is 314 g/mol. The van der Waals surface area contributed by atoms with Crippen molar-refractivity contribution < 1.29 is 20.9 Å². The Morgan fingerprint density at radius 1 is 0.750 bits per heavy atom. The van der Waals surface area contributed by atoms with E-state index in [1.807, 2.05) is 0 Å². The van der Waals surface area contributed by atoms with Crippen molar-refractivity contribution in [2.24, 2.45) is 0 Å². The summed E-state index contributed by atoms with van der Waals surface area (Å²) < 4.78 is 0. The number of rotatable bonds is 4. The molecule has 0 aliphatic rings. The fourth-order valence-electron chi connectivity index (χ4n) is 2.16. The van der Waals surface area contributed by atoms with Crippen LogP contribution in [0.3, 0.4) is 0 Å². The Labute approximate surface area is 136 Å². The van der Waals surface area contributed by atoms with E-state index in [0.717, 1.165) is 0 Å². The normalized spacial score (nSPS) is 13.5. The Balaban J connectivity index is 2.01. The predicted molar refractivity (Wildman–Crippen MR) is 82.3 cm³/mol. The van der Waals surface area contributed by atoms with Gasteiger partial charge in [0.15, 0.2) is 23.0 Å². The second-order valence-corrected chi connectivity index (χ2v) is 4.90. The van der Waals surface area contributed by atoms with E-state index in [-0.39, 0.29) is 11.4 Å². The largest absolute Gasteiger partial charge is 0.595 e. The van der Waals surface area contributed by atoms with Crippen molar-refractivity contribution in [3.63, 3.8) is 0 Å². The van der Waals surface area contributed by atoms with E-state index in [4.69, 9.17) is 10.4 Å². The van der Waals surface area contributed by atoms with E-state index >= 15 is 0 Å². The molecule has 0 radical (unpaired) electrons. The maximum atomic E-state index is 11.1. The molecule has 0 bridgehead atoms. The number of aromatic nitrogens is 3. The molecule has 1 aromatic heterocycles. The second kappa shape index (κ2) is 6.76. The van der Waals surface area contributed by atoms with Gasteiger partial charge in [-0.25, -0.2) is 25.4 Å². The van der Waals surface area contributed by atoms with E-state index in [9.17, 15) is 10.4 Å². The molecule has 2 atom stereocenters. The lowest BCUT2D eigenvalue weighted by atomic mass is 10.1. The summed E-state index contributed by atoms with van der Waals surface area (Å²) in [6, 6.07) is 12.5. The Morgan fingerprint density at radius 2 is 1.21 bits per heavy atom. The number of hydrogen-bond acceptors (Lipinski definition) is 7. The van der Waals surface area contributed by atoms with Crippen LogP contribution in [0.5, 0.6) is 0 Å². The minimum atomic E-state index is -1.04. The maximum Gasteiger partial charge on any atom is 0.164 e. The number of quaternary nitrogens is 2. The highest BCUT2D eigenvalue weighted by Gasteiger charge is 2.10. The van der Waals surface area contributed by atoms with Crippen LogP contribution in [0.15, 0.2) is 54.9 Å². The van der Waals surface area contributed by atoms with Crippen LogP contribution >= 0.6 is 0 Å². The van der Waals surface area contributed by atoms with Gasteiger partial charge in [0.2, 0.25) is 0 Å². The van der Waals surface area contributed by atoms with E-state index in [1.54, 1.807) is 24.3 Å². The maximum absolute atomic E-state index is 11.1. The minimum absolute atomic E-state index is 0.127. The van der Waals surface area contributed by atoms with Crippen LogP contribution in [0.2, 0.25) is 0 Å². The first kappa shape index (κ1) is 16.1. The molecule has 3 rings (SSSR count). The van der Waals surface area contributed by atoms with Gasteiger partial charge in [-0.3, -0.25) is 0 Å². The van der Waals surface area contributed by atoms with Gasteiger partial charge in [-0.15, -0.1) is 0 Å². The molecule has 0 aliphatic carbocycles. The SMILES string of the molecule is [O-][NH+](O)c1cccc(-c2ncnc(-c3cccc([NH+]([O-])O)c3)n2)c1. The Morgan fingerprint density at radius 3 is 1.62 bits per heavy atom. The van der Waals surface area contributed by atoms with Gasteiger partial charge in [0.25, 0.3) is 0 Å². The van der Waals surface area contributed by atoms with Crippen molar-refractivity contribution >= 4 is 11.4 Å². The van der Waals surface area contributed by atoms with Crippen molar-refractivity contribution in [3.05, 3.63) is 65.3 Å². The Hall–Kier alpha value is -2.79. The van der Waals surface area contributed by atoms with Gasteiger partial charge in [0.1, 0.15) is 6.33 Å². The lowest BCUT2D eigenvalue weighted by Crippen LogP contribution is -2.99. The topological polar surface area (TPSA) is 134 Å². The standard InChI is InChI=1S/C15H13N5O4/c21-19(22)12-5-1-3-10(7-12)14-16-9-17-15(18-14)11-4-2-6-13(8-11)20(23)24/h1-9,19-21,23H. The lowest BCUT2D eigenvalue weighted by Gasteiger charge is -2.13. The van der Waals surface area contributed by atoms with Crippen LogP contribution in [0.1, 0.15) is 0 Å². The molecule has 0 spiro atoms. The van der Waals surface area contributed by atoms with E-state index in [2.05, 4.69) is 15.0 Å². The quantitative estimate of drug-likeness (QED) is 0.496. The molecular formula is C15H13N5O4. The fraction of sp³-hybridized carbons (Fsp3) is 0. The van der Waals surface area contributed by atoms with Crippen LogP contribution < -0.4 is 10.5 Å². The van der Waals surface area contributed by atoms with E-state index in [1.165, 1.54) is 30.6 Å². The summed E-state index contributed by atoms with van der Waals surface area (Å²) in [4.78, 5) is 12.4. The Bertz CT molecular complexity index is 790. The average molecular weight is 327 g/mol. The van der Waals surface area contributed by atoms with Gasteiger partial charge in [-0.05, 0) is 0 Å². The zero-order valence-electron chi connectivity index (χ0n) is 12.2. The summed E-state index contributed by atoms with van der Waals surface area (Å²) in [5.74, 6) is 0.618. The van der Waals surface area contributed by atoms with Crippen molar-refractivity contribution in [2.45, 2.75) is 0 Å². The molecule has 3 aromatic rings. The highest BCUT2D eigenvalue weighted by molar-refractivity contribution is 5.63. The molecule has 9 heteroatoms. The molecule has 9 nitrogen and oxygen atoms in total. The first-order chi connectivity index (χ1) is 11.5. The summed E-state index contributed by atoms with van der Waals surface area (Å²) in [6.07, 6.45) is 1.30. The van der Waals surface area contributed by atoms with Crippen LogP contribution in [0, 0.1) is 10.4 Å². The summed E-state index contributed by atoms with van der Waals surface area (Å²) in [5.41, 5.74) is 1.32. The van der Waals surface area contributed by atoms with Gasteiger partial charge in [-0.1, -0.05) is 24.3 Å².